The van der Waals surface area contributed by atoms with Crippen LogP contribution in [0.1, 0.15) is 25.3 Å². The number of rotatable bonds is 6. The topological polar surface area (TPSA) is 85.8 Å². The second kappa shape index (κ2) is 10.2. The molecule has 0 fully saturated rings. The quantitative estimate of drug-likeness (QED) is 0.836. The molecular weight excluding hydrogens is 325 g/mol. The van der Waals surface area contributed by atoms with Gasteiger partial charge in [-0.1, -0.05) is 12.1 Å². The van der Waals surface area contributed by atoms with Crippen LogP contribution in [0.3, 0.4) is 0 Å². The monoisotopic (exact) mass is 345 g/mol. The van der Waals surface area contributed by atoms with Crippen LogP contribution in [0.5, 0.6) is 0 Å². The van der Waals surface area contributed by atoms with Crippen LogP contribution in [-0.2, 0) is 11.3 Å². The average molecular weight is 346 g/mol. The number of aromatic nitrogens is 3. The zero-order chi connectivity index (χ0) is 14.4. The first kappa shape index (κ1) is 20.4. The average Bonchev–Trinajstić information content (AvgIpc) is 2.97. The highest BCUT2D eigenvalue weighted by molar-refractivity contribution is 5.85. The van der Waals surface area contributed by atoms with Crippen molar-refractivity contribution in [3.05, 3.63) is 42.5 Å². The van der Waals surface area contributed by atoms with Crippen molar-refractivity contribution in [3.63, 3.8) is 0 Å². The Bertz CT molecular complexity index is 543. The highest BCUT2D eigenvalue weighted by atomic mass is 35.5. The molecule has 0 bridgehead atoms. The molecule has 0 saturated carbocycles. The van der Waals surface area contributed by atoms with E-state index in [2.05, 4.69) is 15.4 Å². The van der Waals surface area contributed by atoms with Gasteiger partial charge in [-0.3, -0.25) is 4.79 Å². The summed E-state index contributed by atoms with van der Waals surface area (Å²) < 4.78 is 1.69. The molecular formula is C14H21Cl2N5O. The Morgan fingerprint density at radius 2 is 2.00 bits per heavy atom. The van der Waals surface area contributed by atoms with Crippen LogP contribution in [0.15, 0.2) is 36.9 Å². The molecule has 22 heavy (non-hydrogen) atoms. The van der Waals surface area contributed by atoms with Gasteiger partial charge in [0.05, 0.1) is 5.69 Å². The Hall–Kier alpha value is -1.63. The predicted octanol–water partition coefficient (Wildman–Crippen LogP) is 1.85. The first-order valence-corrected chi connectivity index (χ1v) is 6.61. The zero-order valence-electron chi connectivity index (χ0n) is 12.3. The molecule has 0 aliphatic heterocycles. The fraction of sp³-hybridized carbons (Fsp3) is 0.357. The maximum atomic E-state index is 11.6. The first-order chi connectivity index (χ1) is 9.65. The molecule has 0 spiro atoms. The number of nitrogens with zero attached hydrogens (tertiary/aromatic N) is 3. The smallest absolute Gasteiger partial charge is 0.220 e. The summed E-state index contributed by atoms with van der Waals surface area (Å²) in [4.78, 5) is 15.5. The summed E-state index contributed by atoms with van der Waals surface area (Å²) in [7, 11) is 0. The molecule has 1 heterocycles. The maximum Gasteiger partial charge on any atom is 0.220 e. The van der Waals surface area contributed by atoms with Crippen LogP contribution < -0.4 is 11.1 Å². The molecule has 2 rings (SSSR count). The van der Waals surface area contributed by atoms with Crippen molar-refractivity contribution in [1.82, 2.24) is 20.1 Å². The Balaban J connectivity index is 0.00000220. The Morgan fingerprint density at radius 3 is 2.55 bits per heavy atom. The fourth-order valence-corrected chi connectivity index (χ4v) is 1.76. The molecule has 1 amide bonds. The molecule has 6 nitrogen and oxygen atoms in total. The number of benzene rings is 1. The number of nitrogens with two attached hydrogens (primary N) is 1. The van der Waals surface area contributed by atoms with Gasteiger partial charge >= 0.3 is 0 Å². The molecule has 1 aromatic carbocycles. The van der Waals surface area contributed by atoms with Gasteiger partial charge in [-0.15, -0.1) is 24.8 Å². The van der Waals surface area contributed by atoms with Crippen molar-refractivity contribution in [3.8, 4) is 5.69 Å². The lowest BCUT2D eigenvalue weighted by Gasteiger charge is -2.07. The summed E-state index contributed by atoms with van der Waals surface area (Å²) in [6.45, 7) is 2.42. The number of nitrogens with one attached hydrogen (secondary N) is 1. The number of carbonyl (C=O) groups is 1. The minimum Gasteiger partial charge on any atom is -0.352 e. The second-order valence-electron chi connectivity index (χ2n) is 4.80. The molecule has 0 radical (unpaired) electrons. The van der Waals surface area contributed by atoms with Gasteiger partial charge in [0.15, 0.2) is 0 Å². The van der Waals surface area contributed by atoms with Gasteiger partial charge in [0.2, 0.25) is 5.91 Å². The molecule has 122 valence electrons. The van der Waals surface area contributed by atoms with E-state index >= 15 is 0 Å². The number of halogens is 2. The van der Waals surface area contributed by atoms with E-state index in [1.807, 2.05) is 31.2 Å². The van der Waals surface area contributed by atoms with E-state index in [0.29, 0.717) is 19.4 Å². The Labute approximate surface area is 142 Å². The lowest BCUT2D eigenvalue weighted by molar-refractivity contribution is -0.121. The fourth-order valence-electron chi connectivity index (χ4n) is 1.76. The third kappa shape index (κ3) is 6.43. The van der Waals surface area contributed by atoms with Crippen molar-refractivity contribution in [2.75, 3.05) is 0 Å². The summed E-state index contributed by atoms with van der Waals surface area (Å²) in [5.74, 6) is 0.0302. The van der Waals surface area contributed by atoms with Gasteiger partial charge in [-0.25, -0.2) is 9.67 Å². The van der Waals surface area contributed by atoms with E-state index in [-0.39, 0.29) is 36.8 Å². The molecule has 1 aromatic heterocycles. The SMILES string of the molecule is CC(N)CCC(=O)NCc1ccc(-n2cncn2)cc1.Cl.Cl. The van der Waals surface area contributed by atoms with E-state index in [9.17, 15) is 4.79 Å². The Morgan fingerprint density at radius 1 is 1.32 bits per heavy atom. The van der Waals surface area contributed by atoms with Gasteiger partial charge in [-0.05, 0) is 31.0 Å². The van der Waals surface area contributed by atoms with E-state index in [1.165, 1.54) is 6.33 Å². The van der Waals surface area contributed by atoms with Crippen molar-refractivity contribution < 1.29 is 4.79 Å². The van der Waals surface area contributed by atoms with Crippen LogP contribution >= 0.6 is 24.8 Å². The molecule has 3 N–H and O–H groups in total. The molecule has 2 aromatic rings. The van der Waals surface area contributed by atoms with E-state index in [0.717, 1.165) is 11.3 Å². The largest absolute Gasteiger partial charge is 0.352 e. The summed E-state index contributed by atoms with van der Waals surface area (Å²) in [5.41, 5.74) is 7.60. The van der Waals surface area contributed by atoms with Gasteiger partial charge in [0, 0.05) is 19.0 Å². The van der Waals surface area contributed by atoms with E-state index in [4.69, 9.17) is 5.73 Å². The van der Waals surface area contributed by atoms with Crippen LogP contribution in [-0.4, -0.2) is 26.7 Å². The lowest BCUT2D eigenvalue weighted by Crippen LogP contribution is -2.25. The molecule has 0 saturated heterocycles. The number of hydrogen-bond donors (Lipinski definition) is 2. The standard InChI is InChI=1S/C14H19N5O.2ClH/c1-11(15)2-7-14(20)17-8-12-3-5-13(6-4-12)19-10-16-9-18-19;;/h3-6,9-11H,2,7-8,15H2,1H3,(H,17,20);2*1H. The zero-order valence-corrected chi connectivity index (χ0v) is 13.9. The molecule has 1 unspecified atom stereocenters. The summed E-state index contributed by atoms with van der Waals surface area (Å²) in [5, 5.41) is 6.93. The molecule has 0 aliphatic carbocycles. The highest BCUT2D eigenvalue weighted by Gasteiger charge is 2.03. The molecule has 0 aliphatic rings. The van der Waals surface area contributed by atoms with Crippen molar-refractivity contribution in [2.24, 2.45) is 5.73 Å². The minimum atomic E-state index is 0. The van der Waals surface area contributed by atoms with Crippen LogP contribution in [0.25, 0.3) is 5.69 Å². The van der Waals surface area contributed by atoms with Crippen LogP contribution in [0.4, 0.5) is 0 Å². The number of hydrogen-bond acceptors (Lipinski definition) is 4. The lowest BCUT2D eigenvalue weighted by atomic mass is 10.1. The first-order valence-electron chi connectivity index (χ1n) is 6.61. The second-order valence-corrected chi connectivity index (χ2v) is 4.80. The van der Waals surface area contributed by atoms with E-state index < -0.39 is 0 Å². The van der Waals surface area contributed by atoms with Crippen molar-refractivity contribution >= 4 is 30.7 Å². The highest BCUT2D eigenvalue weighted by Crippen LogP contribution is 2.08. The number of carbonyl (C=O) groups excluding carboxylic acids is 1. The van der Waals surface area contributed by atoms with Gasteiger partial charge in [0.1, 0.15) is 12.7 Å². The summed E-state index contributed by atoms with van der Waals surface area (Å²) in [6.07, 6.45) is 4.31. The van der Waals surface area contributed by atoms with Crippen LogP contribution in [0, 0.1) is 0 Å². The summed E-state index contributed by atoms with van der Waals surface area (Å²) in [6, 6.07) is 7.87. The normalized spacial score (nSPS) is 11.0. The predicted molar refractivity (Wildman–Crippen MR) is 90.6 cm³/mol. The third-order valence-electron chi connectivity index (χ3n) is 2.94. The van der Waals surface area contributed by atoms with E-state index in [1.54, 1.807) is 11.0 Å². The summed E-state index contributed by atoms with van der Waals surface area (Å²) >= 11 is 0. The minimum absolute atomic E-state index is 0. The molecule has 1 atom stereocenters. The van der Waals surface area contributed by atoms with Crippen LogP contribution in [0.2, 0.25) is 0 Å². The van der Waals surface area contributed by atoms with Gasteiger partial charge in [-0.2, -0.15) is 5.10 Å². The van der Waals surface area contributed by atoms with Gasteiger partial charge < -0.3 is 11.1 Å². The third-order valence-corrected chi connectivity index (χ3v) is 2.94. The van der Waals surface area contributed by atoms with Crippen molar-refractivity contribution in [2.45, 2.75) is 32.4 Å². The maximum absolute atomic E-state index is 11.6. The Kier molecular flexibility index (Phi) is 9.40. The van der Waals surface area contributed by atoms with Crippen molar-refractivity contribution in [1.29, 1.82) is 0 Å². The van der Waals surface area contributed by atoms with Gasteiger partial charge in [0.25, 0.3) is 0 Å². The molecule has 8 heteroatoms. The number of amides is 1.